The van der Waals surface area contributed by atoms with Crippen molar-refractivity contribution in [3.8, 4) is 11.5 Å². The lowest BCUT2D eigenvalue weighted by Gasteiger charge is -2.13. The summed E-state index contributed by atoms with van der Waals surface area (Å²) in [5, 5.41) is 13.8. The molecule has 8 heteroatoms. The highest BCUT2D eigenvalue weighted by molar-refractivity contribution is 6.32. The Balaban J connectivity index is 2.31. The first-order chi connectivity index (χ1) is 11.4. The van der Waals surface area contributed by atoms with Crippen molar-refractivity contribution in [3.63, 3.8) is 0 Å². The highest BCUT2D eigenvalue weighted by atomic mass is 35.5. The Hall–Kier alpha value is -2.80. The van der Waals surface area contributed by atoms with Crippen LogP contribution in [-0.4, -0.2) is 25.1 Å². The number of rotatable bonds is 5. The second kappa shape index (κ2) is 7.18. The molecule has 2 aromatic rings. The standard InChI is InChI=1S/C16H15ClN2O5/c1-9-6-10(4-5-13(9)19(21)22)16(20)18-12-7-11(17)14(23-2)8-15(12)24-3/h4-8H,1-3H3,(H,18,20). The number of carbonyl (C=O) groups is 1. The van der Waals surface area contributed by atoms with Gasteiger partial charge in [-0.15, -0.1) is 0 Å². The molecule has 7 nitrogen and oxygen atoms in total. The molecule has 0 saturated heterocycles. The Morgan fingerprint density at radius 1 is 1.17 bits per heavy atom. The van der Waals surface area contributed by atoms with Crippen LogP contribution in [0.5, 0.6) is 11.5 Å². The number of nitrogens with one attached hydrogen (secondary N) is 1. The SMILES string of the molecule is COc1cc(OC)c(NC(=O)c2ccc([N+](=O)[O-])c(C)c2)cc1Cl. The molecule has 0 heterocycles. The van der Waals surface area contributed by atoms with Crippen LogP contribution < -0.4 is 14.8 Å². The van der Waals surface area contributed by atoms with Gasteiger partial charge in [0.25, 0.3) is 11.6 Å². The van der Waals surface area contributed by atoms with Crippen molar-refractivity contribution in [1.29, 1.82) is 0 Å². The molecule has 126 valence electrons. The molecule has 0 radical (unpaired) electrons. The zero-order valence-corrected chi connectivity index (χ0v) is 14.0. The molecule has 0 bridgehead atoms. The molecule has 0 fully saturated rings. The van der Waals surface area contributed by atoms with Gasteiger partial charge in [-0.05, 0) is 25.1 Å². The largest absolute Gasteiger partial charge is 0.495 e. The molecule has 1 N–H and O–H groups in total. The Morgan fingerprint density at radius 3 is 2.38 bits per heavy atom. The van der Waals surface area contributed by atoms with Gasteiger partial charge in [0.1, 0.15) is 11.5 Å². The molecule has 0 spiro atoms. The number of carbonyl (C=O) groups excluding carboxylic acids is 1. The Morgan fingerprint density at radius 2 is 1.83 bits per heavy atom. The van der Waals surface area contributed by atoms with Crippen LogP contribution in [0.1, 0.15) is 15.9 Å². The quantitative estimate of drug-likeness (QED) is 0.653. The summed E-state index contributed by atoms with van der Waals surface area (Å²) in [4.78, 5) is 22.7. The minimum absolute atomic E-state index is 0.0448. The van der Waals surface area contributed by atoms with Gasteiger partial charge in [-0.25, -0.2) is 0 Å². The minimum atomic E-state index is -0.497. The molecule has 0 atom stereocenters. The third-order valence-corrected chi connectivity index (χ3v) is 3.67. The van der Waals surface area contributed by atoms with E-state index in [1.165, 1.54) is 38.5 Å². The number of hydrogen-bond acceptors (Lipinski definition) is 5. The number of amides is 1. The van der Waals surface area contributed by atoms with Gasteiger partial charge in [-0.2, -0.15) is 0 Å². The van der Waals surface area contributed by atoms with Gasteiger partial charge in [0.2, 0.25) is 0 Å². The van der Waals surface area contributed by atoms with Gasteiger partial charge < -0.3 is 14.8 Å². The predicted octanol–water partition coefficient (Wildman–Crippen LogP) is 3.83. The van der Waals surface area contributed by atoms with Crippen molar-refractivity contribution in [1.82, 2.24) is 0 Å². The molecular weight excluding hydrogens is 336 g/mol. The second-order valence-electron chi connectivity index (χ2n) is 4.90. The van der Waals surface area contributed by atoms with Gasteiger partial charge in [-0.3, -0.25) is 14.9 Å². The summed E-state index contributed by atoms with van der Waals surface area (Å²) in [7, 11) is 2.92. The summed E-state index contributed by atoms with van der Waals surface area (Å²) in [6, 6.07) is 7.19. The summed E-state index contributed by atoms with van der Waals surface area (Å²) in [5.41, 5.74) is 1.00. The van der Waals surface area contributed by atoms with Crippen molar-refractivity contribution in [2.24, 2.45) is 0 Å². The fourth-order valence-electron chi connectivity index (χ4n) is 2.15. The van der Waals surface area contributed by atoms with E-state index in [0.29, 0.717) is 27.8 Å². The number of benzene rings is 2. The van der Waals surface area contributed by atoms with Crippen LogP contribution in [0.15, 0.2) is 30.3 Å². The first-order valence-corrected chi connectivity index (χ1v) is 7.23. The molecule has 0 aliphatic rings. The summed E-state index contributed by atoms with van der Waals surface area (Å²) in [6.45, 7) is 1.57. The highest BCUT2D eigenvalue weighted by Crippen LogP contribution is 2.36. The maximum atomic E-state index is 12.4. The second-order valence-corrected chi connectivity index (χ2v) is 5.31. The third kappa shape index (κ3) is 3.57. The van der Waals surface area contributed by atoms with Gasteiger partial charge in [-0.1, -0.05) is 11.6 Å². The van der Waals surface area contributed by atoms with Gasteiger partial charge in [0.15, 0.2) is 0 Å². The number of nitro benzene ring substituents is 1. The zero-order chi connectivity index (χ0) is 17.9. The molecule has 2 aromatic carbocycles. The van der Waals surface area contributed by atoms with Crippen LogP contribution >= 0.6 is 11.6 Å². The van der Waals surface area contributed by atoms with E-state index in [2.05, 4.69) is 5.32 Å². The van der Waals surface area contributed by atoms with E-state index in [1.54, 1.807) is 13.0 Å². The van der Waals surface area contributed by atoms with Gasteiger partial charge >= 0.3 is 0 Å². The number of halogens is 1. The lowest BCUT2D eigenvalue weighted by Crippen LogP contribution is -2.13. The lowest BCUT2D eigenvalue weighted by atomic mass is 10.1. The number of anilines is 1. The van der Waals surface area contributed by atoms with Crippen molar-refractivity contribution in [2.75, 3.05) is 19.5 Å². The fraction of sp³-hybridized carbons (Fsp3) is 0.188. The zero-order valence-electron chi connectivity index (χ0n) is 13.3. The highest BCUT2D eigenvalue weighted by Gasteiger charge is 2.16. The van der Waals surface area contributed by atoms with Crippen molar-refractivity contribution in [3.05, 3.63) is 56.6 Å². The third-order valence-electron chi connectivity index (χ3n) is 3.38. The molecule has 24 heavy (non-hydrogen) atoms. The van der Waals surface area contributed by atoms with E-state index in [1.807, 2.05) is 0 Å². The van der Waals surface area contributed by atoms with E-state index < -0.39 is 10.8 Å². The average molecular weight is 351 g/mol. The van der Waals surface area contributed by atoms with Crippen LogP contribution in [0, 0.1) is 17.0 Å². The maximum Gasteiger partial charge on any atom is 0.272 e. The monoisotopic (exact) mass is 350 g/mol. The average Bonchev–Trinajstić information content (AvgIpc) is 2.54. The van der Waals surface area contributed by atoms with Crippen molar-refractivity contribution in [2.45, 2.75) is 6.92 Å². The van der Waals surface area contributed by atoms with Crippen LogP contribution in [0.2, 0.25) is 5.02 Å². The summed E-state index contributed by atoms with van der Waals surface area (Å²) >= 11 is 6.06. The molecule has 0 saturated carbocycles. The topological polar surface area (TPSA) is 90.7 Å². The number of nitro groups is 1. The number of aryl methyl sites for hydroxylation is 1. The number of hydrogen-bond donors (Lipinski definition) is 1. The van der Waals surface area contributed by atoms with Crippen molar-refractivity contribution >= 4 is 28.9 Å². The summed E-state index contributed by atoms with van der Waals surface area (Å²) in [6.07, 6.45) is 0. The van der Waals surface area contributed by atoms with Crippen molar-refractivity contribution < 1.29 is 19.2 Å². The van der Waals surface area contributed by atoms with E-state index in [4.69, 9.17) is 21.1 Å². The van der Waals surface area contributed by atoms with E-state index in [9.17, 15) is 14.9 Å². The summed E-state index contributed by atoms with van der Waals surface area (Å²) in [5.74, 6) is 0.355. The predicted molar refractivity (Wildman–Crippen MR) is 90.3 cm³/mol. The lowest BCUT2D eigenvalue weighted by molar-refractivity contribution is -0.385. The normalized spacial score (nSPS) is 10.2. The summed E-state index contributed by atoms with van der Waals surface area (Å²) < 4.78 is 10.3. The molecular formula is C16H15ClN2O5. The first kappa shape index (κ1) is 17.6. The number of ether oxygens (including phenoxy) is 2. The van der Waals surface area contributed by atoms with Crippen LogP contribution in [-0.2, 0) is 0 Å². The molecule has 1 amide bonds. The van der Waals surface area contributed by atoms with E-state index in [0.717, 1.165) is 0 Å². The molecule has 0 aromatic heterocycles. The molecule has 0 aliphatic heterocycles. The Kier molecular flexibility index (Phi) is 5.25. The fourth-order valence-corrected chi connectivity index (χ4v) is 2.39. The molecule has 0 unspecified atom stereocenters. The Bertz CT molecular complexity index is 807. The van der Waals surface area contributed by atoms with E-state index in [-0.39, 0.29) is 11.3 Å². The van der Waals surface area contributed by atoms with Crippen LogP contribution in [0.4, 0.5) is 11.4 Å². The van der Waals surface area contributed by atoms with Crippen LogP contribution in [0.25, 0.3) is 0 Å². The molecule has 0 aliphatic carbocycles. The van der Waals surface area contributed by atoms with Gasteiger partial charge in [0.05, 0.1) is 29.9 Å². The van der Waals surface area contributed by atoms with Gasteiger partial charge in [0, 0.05) is 23.3 Å². The maximum absolute atomic E-state index is 12.4. The minimum Gasteiger partial charge on any atom is -0.495 e. The van der Waals surface area contributed by atoms with Crippen LogP contribution in [0.3, 0.4) is 0 Å². The van der Waals surface area contributed by atoms with E-state index >= 15 is 0 Å². The number of nitrogens with zero attached hydrogens (tertiary/aromatic N) is 1. The number of methoxy groups -OCH3 is 2. The Labute approximate surface area is 143 Å². The first-order valence-electron chi connectivity index (χ1n) is 6.85. The molecule has 2 rings (SSSR count). The smallest absolute Gasteiger partial charge is 0.272 e.